The monoisotopic (exact) mass is 216 g/mol. The summed E-state index contributed by atoms with van der Waals surface area (Å²) in [6.45, 7) is 2.00. The molecule has 16 heavy (non-hydrogen) atoms. The molecule has 0 amide bonds. The quantitative estimate of drug-likeness (QED) is 0.806. The summed E-state index contributed by atoms with van der Waals surface area (Å²) in [6, 6.07) is 5.89. The van der Waals surface area contributed by atoms with Crippen LogP contribution in [0.15, 0.2) is 18.2 Å². The summed E-state index contributed by atoms with van der Waals surface area (Å²) < 4.78 is 0. The summed E-state index contributed by atoms with van der Waals surface area (Å²) >= 11 is 0. The van der Waals surface area contributed by atoms with Crippen molar-refractivity contribution in [1.82, 2.24) is 9.97 Å². The third-order valence-corrected chi connectivity index (χ3v) is 3.25. The fraction of sp³-hybridized carbons (Fsp3) is 0.333. The number of carboxylic acids is 1. The maximum absolute atomic E-state index is 11.2. The molecule has 2 N–H and O–H groups in total. The fourth-order valence-electron chi connectivity index (χ4n) is 2.03. The van der Waals surface area contributed by atoms with Crippen LogP contribution in [-0.4, -0.2) is 21.0 Å². The molecule has 0 saturated heterocycles. The van der Waals surface area contributed by atoms with Crippen LogP contribution in [0, 0.1) is 6.92 Å². The van der Waals surface area contributed by atoms with Gasteiger partial charge in [-0.15, -0.1) is 0 Å². The molecule has 1 saturated carbocycles. The van der Waals surface area contributed by atoms with Gasteiger partial charge in [-0.3, -0.25) is 4.79 Å². The van der Waals surface area contributed by atoms with Crippen LogP contribution >= 0.6 is 0 Å². The number of nitrogens with one attached hydrogen (secondary N) is 1. The first-order valence-corrected chi connectivity index (χ1v) is 5.32. The Balaban J connectivity index is 2.16. The zero-order valence-corrected chi connectivity index (χ0v) is 8.95. The van der Waals surface area contributed by atoms with E-state index in [0.717, 1.165) is 16.6 Å². The van der Waals surface area contributed by atoms with Crippen LogP contribution in [0.4, 0.5) is 0 Å². The second kappa shape index (κ2) is 2.84. The van der Waals surface area contributed by atoms with Gasteiger partial charge in [0.1, 0.15) is 11.2 Å². The Kier molecular flexibility index (Phi) is 1.67. The molecule has 1 aliphatic carbocycles. The van der Waals surface area contributed by atoms with Gasteiger partial charge >= 0.3 is 5.97 Å². The second-order valence-corrected chi connectivity index (χ2v) is 4.49. The van der Waals surface area contributed by atoms with Gasteiger partial charge in [0.25, 0.3) is 0 Å². The minimum Gasteiger partial charge on any atom is -0.480 e. The minimum atomic E-state index is -0.775. The van der Waals surface area contributed by atoms with Gasteiger partial charge in [0.15, 0.2) is 0 Å². The van der Waals surface area contributed by atoms with E-state index in [2.05, 4.69) is 9.97 Å². The van der Waals surface area contributed by atoms with Crippen LogP contribution < -0.4 is 0 Å². The van der Waals surface area contributed by atoms with Crippen LogP contribution in [0.25, 0.3) is 11.0 Å². The van der Waals surface area contributed by atoms with E-state index in [1.165, 1.54) is 0 Å². The highest BCUT2D eigenvalue weighted by Crippen LogP contribution is 2.47. The van der Waals surface area contributed by atoms with Crippen LogP contribution in [-0.2, 0) is 10.2 Å². The van der Waals surface area contributed by atoms with E-state index in [9.17, 15) is 9.90 Å². The summed E-state index contributed by atoms with van der Waals surface area (Å²) in [5.74, 6) is -0.177. The van der Waals surface area contributed by atoms with Crippen LogP contribution in [0.3, 0.4) is 0 Å². The highest BCUT2D eigenvalue weighted by molar-refractivity contribution is 5.86. The van der Waals surface area contributed by atoms with Gasteiger partial charge in [-0.1, -0.05) is 6.07 Å². The Morgan fingerprint density at radius 1 is 1.50 bits per heavy atom. The number of rotatable bonds is 2. The third-order valence-electron chi connectivity index (χ3n) is 3.25. The lowest BCUT2D eigenvalue weighted by molar-refractivity contribution is -0.140. The lowest BCUT2D eigenvalue weighted by Gasteiger charge is -2.03. The highest BCUT2D eigenvalue weighted by Gasteiger charge is 2.54. The number of benzene rings is 1. The van der Waals surface area contributed by atoms with Crippen LogP contribution in [0.1, 0.15) is 24.2 Å². The predicted molar refractivity (Wildman–Crippen MR) is 59.4 cm³/mol. The molecule has 0 bridgehead atoms. The maximum atomic E-state index is 11.2. The van der Waals surface area contributed by atoms with E-state index >= 15 is 0 Å². The Hall–Kier alpha value is -1.84. The maximum Gasteiger partial charge on any atom is 0.317 e. The van der Waals surface area contributed by atoms with Crippen molar-refractivity contribution in [2.24, 2.45) is 0 Å². The standard InChI is InChI=1S/C12H12N2O2/c1-7-2-3-8-9(6-7)14-10(13-8)12(4-5-12)11(15)16/h2-3,6H,4-5H2,1H3,(H,13,14)(H,15,16). The predicted octanol–water partition coefficient (Wildman–Crippen LogP) is 1.99. The molecule has 0 aliphatic heterocycles. The van der Waals surface area contributed by atoms with Gasteiger partial charge in [-0.25, -0.2) is 4.98 Å². The fourth-order valence-corrected chi connectivity index (χ4v) is 2.03. The topological polar surface area (TPSA) is 66.0 Å². The molecule has 1 heterocycles. The zero-order valence-electron chi connectivity index (χ0n) is 8.95. The van der Waals surface area contributed by atoms with Gasteiger partial charge < -0.3 is 10.1 Å². The summed E-state index contributed by atoms with van der Waals surface area (Å²) in [6.07, 6.45) is 1.36. The number of carbonyl (C=O) groups is 1. The summed E-state index contributed by atoms with van der Waals surface area (Å²) in [4.78, 5) is 18.7. The SMILES string of the molecule is Cc1ccc2nc(C3(C(=O)O)CC3)[nH]c2c1. The number of imidazole rings is 1. The first-order chi connectivity index (χ1) is 7.62. The van der Waals surface area contributed by atoms with Gasteiger partial charge in [-0.2, -0.15) is 0 Å². The molecule has 0 spiro atoms. The van der Waals surface area contributed by atoms with Gasteiger partial charge in [0, 0.05) is 0 Å². The number of aromatic amines is 1. The molecule has 4 heteroatoms. The second-order valence-electron chi connectivity index (χ2n) is 4.49. The van der Waals surface area contributed by atoms with Crippen molar-refractivity contribution in [3.05, 3.63) is 29.6 Å². The van der Waals surface area contributed by atoms with Crippen molar-refractivity contribution in [1.29, 1.82) is 0 Å². The van der Waals surface area contributed by atoms with E-state index in [0.29, 0.717) is 18.7 Å². The van der Waals surface area contributed by atoms with Crippen LogP contribution in [0.5, 0.6) is 0 Å². The molecule has 1 aromatic heterocycles. The van der Waals surface area contributed by atoms with Crippen molar-refractivity contribution in [3.8, 4) is 0 Å². The molecule has 3 rings (SSSR count). The van der Waals surface area contributed by atoms with Crippen molar-refractivity contribution in [3.63, 3.8) is 0 Å². The number of hydrogen-bond donors (Lipinski definition) is 2. The molecule has 0 unspecified atom stereocenters. The van der Waals surface area contributed by atoms with E-state index in [1.54, 1.807) is 0 Å². The van der Waals surface area contributed by atoms with Crippen molar-refractivity contribution in [2.75, 3.05) is 0 Å². The Morgan fingerprint density at radius 3 is 2.88 bits per heavy atom. The number of aromatic nitrogens is 2. The third kappa shape index (κ3) is 1.16. The number of carboxylic acid groups (broad SMARTS) is 1. The molecule has 1 aromatic carbocycles. The van der Waals surface area contributed by atoms with E-state index in [4.69, 9.17) is 0 Å². The number of nitrogens with zero attached hydrogens (tertiary/aromatic N) is 1. The Morgan fingerprint density at radius 2 is 2.25 bits per heavy atom. The summed E-state index contributed by atoms with van der Waals surface area (Å²) in [7, 11) is 0. The number of fused-ring (bicyclic) bond motifs is 1. The van der Waals surface area contributed by atoms with Crippen molar-refractivity contribution < 1.29 is 9.90 Å². The average Bonchev–Trinajstić information content (AvgIpc) is 2.94. The molecule has 1 fully saturated rings. The molecule has 82 valence electrons. The Bertz CT molecular complexity index is 582. The number of aryl methyl sites for hydroxylation is 1. The molecular formula is C12H12N2O2. The van der Waals surface area contributed by atoms with Gasteiger partial charge in [-0.05, 0) is 37.5 Å². The molecule has 0 radical (unpaired) electrons. The van der Waals surface area contributed by atoms with Gasteiger partial charge in [0.2, 0.25) is 0 Å². The molecule has 0 atom stereocenters. The lowest BCUT2D eigenvalue weighted by atomic mass is 10.1. The van der Waals surface area contributed by atoms with E-state index in [1.807, 2.05) is 25.1 Å². The normalized spacial score (nSPS) is 17.6. The summed E-state index contributed by atoms with van der Waals surface area (Å²) in [5.41, 5.74) is 2.16. The highest BCUT2D eigenvalue weighted by atomic mass is 16.4. The largest absolute Gasteiger partial charge is 0.480 e. The van der Waals surface area contributed by atoms with Crippen LogP contribution in [0.2, 0.25) is 0 Å². The molecule has 1 aliphatic rings. The number of hydrogen-bond acceptors (Lipinski definition) is 2. The summed E-state index contributed by atoms with van der Waals surface area (Å²) in [5, 5.41) is 9.18. The molecule has 4 nitrogen and oxygen atoms in total. The molecule has 2 aromatic rings. The smallest absolute Gasteiger partial charge is 0.317 e. The number of H-pyrrole nitrogens is 1. The molecular weight excluding hydrogens is 204 g/mol. The van der Waals surface area contributed by atoms with E-state index in [-0.39, 0.29) is 0 Å². The first kappa shape index (κ1) is 9.39. The zero-order chi connectivity index (χ0) is 11.3. The van der Waals surface area contributed by atoms with Crippen molar-refractivity contribution in [2.45, 2.75) is 25.2 Å². The van der Waals surface area contributed by atoms with E-state index < -0.39 is 11.4 Å². The number of aliphatic carboxylic acids is 1. The average molecular weight is 216 g/mol. The minimum absolute atomic E-state index is 0.598. The van der Waals surface area contributed by atoms with Gasteiger partial charge in [0.05, 0.1) is 11.0 Å². The lowest BCUT2D eigenvalue weighted by Crippen LogP contribution is -2.20. The Labute approximate surface area is 92.3 Å². The first-order valence-electron chi connectivity index (χ1n) is 5.32. The van der Waals surface area contributed by atoms with Crippen molar-refractivity contribution >= 4 is 17.0 Å².